The van der Waals surface area contributed by atoms with Crippen LogP contribution in [-0.4, -0.2) is 36.2 Å². The summed E-state index contributed by atoms with van der Waals surface area (Å²) < 4.78 is 1.18. The summed E-state index contributed by atoms with van der Waals surface area (Å²) in [5, 5.41) is 11.8. The van der Waals surface area contributed by atoms with Crippen LogP contribution in [0, 0.1) is 3.57 Å². The third-order valence-electron chi connectivity index (χ3n) is 1.95. The first kappa shape index (κ1) is 12.1. The van der Waals surface area contributed by atoms with Crippen LogP contribution in [0.4, 0.5) is 10.5 Å². The highest BCUT2D eigenvalue weighted by atomic mass is 127. The zero-order valence-electron chi connectivity index (χ0n) is 8.40. The molecule has 15 heavy (non-hydrogen) atoms. The molecule has 0 aromatic heterocycles. The fraction of sp³-hybridized carbons (Fsp3) is 0.300. The maximum Gasteiger partial charge on any atom is 0.407 e. The summed E-state index contributed by atoms with van der Waals surface area (Å²) in [4.78, 5) is 11.7. The van der Waals surface area contributed by atoms with E-state index in [0.29, 0.717) is 13.1 Å². The highest BCUT2D eigenvalue weighted by Gasteiger charge is 2.03. The van der Waals surface area contributed by atoms with Gasteiger partial charge in [-0.05, 0) is 46.9 Å². The standard InChI is InChI=1S/C10H13IN2O2/c1-13(10(14)15)7-6-12-9-4-2-8(11)3-5-9/h2-5,12H,6-7H2,1H3,(H,14,15). The van der Waals surface area contributed by atoms with E-state index in [1.54, 1.807) is 7.05 Å². The van der Waals surface area contributed by atoms with Crippen molar-refractivity contribution >= 4 is 34.4 Å². The van der Waals surface area contributed by atoms with Gasteiger partial charge >= 0.3 is 6.09 Å². The molecule has 0 saturated carbocycles. The molecule has 0 aliphatic carbocycles. The van der Waals surface area contributed by atoms with Crippen molar-refractivity contribution in [2.24, 2.45) is 0 Å². The lowest BCUT2D eigenvalue weighted by Gasteiger charge is -2.13. The average Bonchev–Trinajstić information content (AvgIpc) is 2.20. The Labute approximate surface area is 102 Å². The van der Waals surface area contributed by atoms with E-state index in [1.165, 1.54) is 8.47 Å². The average molecular weight is 320 g/mol. The number of hydrogen-bond acceptors (Lipinski definition) is 2. The van der Waals surface area contributed by atoms with Crippen LogP contribution in [-0.2, 0) is 0 Å². The molecule has 1 rings (SSSR count). The van der Waals surface area contributed by atoms with Crippen molar-refractivity contribution in [3.05, 3.63) is 27.8 Å². The molecular weight excluding hydrogens is 307 g/mol. The number of hydrogen-bond donors (Lipinski definition) is 2. The Morgan fingerprint density at radius 3 is 2.60 bits per heavy atom. The number of nitrogens with one attached hydrogen (secondary N) is 1. The van der Waals surface area contributed by atoms with E-state index in [2.05, 4.69) is 27.9 Å². The van der Waals surface area contributed by atoms with Crippen molar-refractivity contribution in [3.63, 3.8) is 0 Å². The monoisotopic (exact) mass is 320 g/mol. The van der Waals surface area contributed by atoms with Crippen LogP contribution in [0.5, 0.6) is 0 Å². The first-order valence-electron chi connectivity index (χ1n) is 4.53. The minimum absolute atomic E-state index is 0.474. The maximum absolute atomic E-state index is 10.5. The van der Waals surface area contributed by atoms with Crippen LogP contribution >= 0.6 is 22.6 Å². The summed E-state index contributed by atoms with van der Waals surface area (Å²) >= 11 is 2.24. The number of likely N-dealkylation sites (N-methyl/N-ethyl adjacent to an activating group) is 1. The Bertz CT molecular complexity index is 327. The summed E-state index contributed by atoms with van der Waals surface area (Å²) in [6, 6.07) is 7.96. The second-order valence-corrected chi connectivity index (χ2v) is 4.38. The smallest absolute Gasteiger partial charge is 0.407 e. The zero-order chi connectivity index (χ0) is 11.3. The van der Waals surface area contributed by atoms with Crippen molar-refractivity contribution in [1.82, 2.24) is 4.90 Å². The number of halogens is 1. The van der Waals surface area contributed by atoms with E-state index in [1.807, 2.05) is 24.3 Å². The molecule has 0 unspecified atom stereocenters. The molecule has 1 aromatic rings. The van der Waals surface area contributed by atoms with Gasteiger partial charge in [0.05, 0.1) is 0 Å². The number of amides is 1. The molecule has 0 spiro atoms. The molecule has 0 fully saturated rings. The van der Waals surface area contributed by atoms with Crippen molar-refractivity contribution < 1.29 is 9.90 Å². The number of carboxylic acid groups (broad SMARTS) is 1. The molecule has 0 saturated heterocycles. The van der Waals surface area contributed by atoms with Crippen molar-refractivity contribution in [1.29, 1.82) is 0 Å². The van der Waals surface area contributed by atoms with Gasteiger partial charge in [0.15, 0.2) is 0 Å². The van der Waals surface area contributed by atoms with Gasteiger partial charge in [-0.2, -0.15) is 0 Å². The first-order valence-corrected chi connectivity index (χ1v) is 5.61. The molecule has 0 heterocycles. The number of nitrogens with zero attached hydrogens (tertiary/aromatic N) is 1. The second kappa shape index (κ2) is 5.79. The van der Waals surface area contributed by atoms with Gasteiger partial charge in [-0.25, -0.2) is 4.79 Å². The van der Waals surface area contributed by atoms with Gasteiger partial charge in [-0.1, -0.05) is 0 Å². The molecule has 1 amide bonds. The van der Waals surface area contributed by atoms with Crippen LogP contribution in [0.15, 0.2) is 24.3 Å². The Morgan fingerprint density at radius 2 is 2.07 bits per heavy atom. The molecule has 0 atom stereocenters. The highest BCUT2D eigenvalue weighted by Crippen LogP contribution is 2.10. The van der Waals surface area contributed by atoms with Gasteiger partial charge in [0.1, 0.15) is 0 Å². The van der Waals surface area contributed by atoms with Gasteiger partial charge in [-0.3, -0.25) is 0 Å². The lowest BCUT2D eigenvalue weighted by atomic mass is 10.3. The van der Waals surface area contributed by atoms with Crippen LogP contribution in [0.2, 0.25) is 0 Å². The quantitative estimate of drug-likeness (QED) is 0.837. The lowest BCUT2D eigenvalue weighted by Crippen LogP contribution is -2.29. The number of anilines is 1. The van der Waals surface area contributed by atoms with Crippen LogP contribution < -0.4 is 5.32 Å². The van der Waals surface area contributed by atoms with E-state index in [4.69, 9.17) is 5.11 Å². The van der Waals surface area contributed by atoms with E-state index in [9.17, 15) is 4.79 Å². The fourth-order valence-corrected chi connectivity index (χ4v) is 1.39. The van der Waals surface area contributed by atoms with Crippen LogP contribution in [0.3, 0.4) is 0 Å². The van der Waals surface area contributed by atoms with E-state index in [-0.39, 0.29) is 0 Å². The summed E-state index contributed by atoms with van der Waals surface area (Å²) in [6.07, 6.45) is -0.903. The molecule has 0 aliphatic rings. The van der Waals surface area contributed by atoms with Crippen molar-refractivity contribution in [3.8, 4) is 0 Å². The van der Waals surface area contributed by atoms with Crippen LogP contribution in [0.25, 0.3) is 0 Å². The van der Waals surface area contributed by atoms with Gasteiger partial charge in [0.25, 0.3) is 0 Å². The third kappa shape index (κ3) is 4.37. The normalized spacial score (nSPS) is 9.73. The molecule has 2 N–H and O–H groups in total. The third-order valence-corrected chi connectivity index (χ3v) is 2.67. The van der Waals surface area contributed by atoms with Gasteiger partial charge in [0.2, 0.25) is 0 Å². The fourth-order valence-electron chi connectivity index (χ4n) is 1.03. The molecule has 4 nitrogen and oxygen atoms in total. The van der Waals surface area contributed by atoms with E-state index in [0.717, 1.165) is 5.69 Å². The zero-order valence-corrected chi connectivity index (χ0v) is 10.6. The minimum Gasteiger partial charge on any atom is -0.465 e. The minimum atomic E-state index is -0.903. The summed E-state index contributed by atoms with van der Waals surface area (Å²) in [5.74, 6) is 0. The highest BCUT2D eigenvalue weighted by molar-refractivity contribution is 14.1. The first-order chi connectivity index (χ1) is 7.09. The summed E-state index contributed by atoms with van der Waals surface area (Å²) in [6.45, 7) is 1.09. The molecule has 82 valence electrons. The Morgan fingerprint density at radius 1 is 1.47 bits per heavy atom. The number of benzene rings is 1. The van der Waals surface area contributed by atoms with Gasteiger partial charge < -0.3 is 15.3 Å². The predicted octanol–water partition coefficient (Wildman–Crippen LogP) is 2.31. The summed E-state index contributed by atoms with van der Waals surface area (Å²) in [5.41, 5.74) is 1.01. The maximum atomic E-state index is 10.5. The molecule has 1 aromatic carbocycles. The van der Waals surface area contributed by atoms with E-state index >= 15 is 0 Å². The Balaban J connectivity index is 2.32. The largest absolute Gasteiger partial charge is 0.465 e. The Hall–Kier alpha value is -0.980. The van der Waals surface area contributed by atoms with Gasteiger partial charge in [0, 0.05) is 29.4 Å². The molecule has 0 aliphatic heterocycles. The van der Waals surface area contributed by atoms with Gasteiger partial charge in [-0.15, -0.1) is 0 Å². The topological polar surface area (TPSA) is 52.6 Å². The van der Waals surface area contributed by atoms with Crippen molar-refractivity contribution in [2.75, 3.05) is 25.5 Å². The van der Waals surface area contributed by atoms with Crippen LogP contribution in [0.1, 0.15) is 0 Å². The molecular formula is C10H13IN2O2. The lowest BCUT2D eigenvalue weighted by molar-refractivity contribution is 0.157. The predicted molar refractivity (Wildman–Crippen MR) is 68.3 cm³/mol. The van der Waals surface area contributed by atoms with E-state index < -0.39 is 6.09 Å². The molecule has 0 radical (unpaired) electrons. The number of carbonyl (C=O) groups is 1. The van der Waals surface area contributed by atoms with Crippen molar-refractivity contribution in [2.45, 2.75) is 0 Å². The molecule has 5 heteroatoms. The second-order valence-electron chi connectivity index (χ2n) is 3.14. The molecule has 0 bridgehead atoms. The summed E-state index contributed by atoms with van der Waals surface area (Å²) in [7, 11) is 1.55. The Kier molecular flexibility index (Phi) is 4.67. The number of rotatable bonds is 4. The SMILES string of the molecule is CN(CCNc1ccc(I)cc1)C(=O)O.